The number of nitrogens with zero attached hydrogens (tertiary/aromatic N) is 3. The highest BCUT2D eigenvalue weighted by atomic mass is 35.5. The van der Waals surface area contributed by atoms with Crippen LogP contribution in [0.15, 0.2) is 0 Å². The van der Waals surface area contributed by atoms with Crippen LogP contribution in [0.1, 0.15) is 16.6 Å². The lowest BCUT2D eigenvalue weighted by Crippen LogP contribution is -2.34. The maximum atomic E-state index is 10.9. The predicted molar refractivity (Wildman–Crippen MR) is 72.9 cm³/mol. The highest BCUT2D eigenvalue weighted by Gasteiger charge is 2.33. The zero-order chi connectivity index (χ0) is 13.4. The molecule has 0 aromatic carbocycles. The van der Waals surface area contributed by atoms with E-state index in [1.165, 1.54) is 0 Å². The molecule has 0 radical (unpaired) electrons. The first-order chi connectivity index (χ1) is 8.40. The van der Waals surface area contributed by atoms with E-state index in [1.54, 1.807) is 0 Å². The second kappa shape index (κ2) is 5.03. The molecule has 2 atom stereocenters. The van der Waals surface area contributed by atoms with Crippen LogP contribution >= 0.6 is 22.9 Å². The highest BCUT2D eigenvalue weighted by Crippen LogP contribution is 2.33. The third-order valence-corrected chi connectivity index (χ3v) is 4.76. The molecule has 0 amide bonds. The van der Waals surface area contributed by atoms with Crippen LogP contribution in [0, 0.1) is 5.92 Å². The zero-order valence-corrected chi connectivity index (χ0v) is 12.1. The topological polar surface area (TPSA) is 56.7 Å². The van der Waals surface area contributed by atoms with E-state index >= 15 is 0 Å². The lowest BCUT2D eigenvalue weighted by molar-refractivity contribution is 0.0702. The van der Waals surface area contributed by atoms with E-state index in [-0.39, 0.29) is 10.0 Å². The van der Waals surface area contributed by atoms with Crippen LogP contribution < -0.4 is 4.90 Å². The molecule has 1 saturated heterocycles. The van der Waals surface area contributed by atoms with Gasteiger partial charge in [0.05, 0.1) is 0 Å². The minimum Gasteiger partial charge on any atom is -0.477 e. The molecule has 0 spiro atoms. The number of carboxylic acids is 1. The number of hydrogen-bond donors (Lipinski definition) is 1. The molecule has 5 nitrogen and oxygen atoms in total. The van der Waals surface area contributed by atoms with E-state index in [1.807, 2.05) is 0 Å². The molecule has 18 heavy (non-hydrogen) atoms. The van der Waals surface area contributed by atoms with Crippen molar-refractivity contribution >= 4 is 34.0 Å². The molecule has 1 aliphatic heterocycles. The van der Waals surface area contributed by atoms with Crippen LogP contribution in [0.5, 0.6) is 0 Å². The number of rotatable bonds is 3. The number of thiazole rings is 1. The summed E-state index contributed by atoms with van der Waals surface area (Å²) in [6.07, 6.45) is 0. The van der Waals surface area contributed by atoms with Gasteiger partial charge in [-0.2, -0.15) is 0 Å². The minimum absolute atomic E-state index is 0.0865. The minimum atomic E-state index is -1.01. The second-order valence-corrected chi connectivity index (χ2v) is 6.17. The molecule has 0 aliphatic carbocycles. The third kappa shape index (κ3) is 2.46. The molecule has 2 heterocycles. The maximum absolute atomic E-state index is 10.9. The van der Waals surface area contributed by atoms with Gasteiger partial charge in [-0.25, -0.2) is 9.78 Å². The first-order valence-electron chi connectivity index (χ1n) is 5.71. The Balaban J connectivity index is 2.19. The van der Waals surface area contributed by atoms with E-state index in [2.05, 4.69) is 35.8 Å². The van der Waals surface area contributed by atoms with Crippen molar-refractivity contribution in [1.29, 1.82) is 0 Å². The number of hydrogen-bond acceptors (Lipinski definition) is 5. The summed E-state index contributed by atoms with van der Waals surface area (Å²) in [5.74, 6) is -0.490. The molecule has 1 aromatic rings. The molecule has 1 aliphatic rings. The van der Waals surface area contributed by atoms with Gasteiger partial charge in [-0.05, 0) is 20.0 Å². The Morgan fingerprint density at radius 2 is 2.22 bits per heavy atom. The highest BCUT2D eigenvalue weighted by molar-refractivity contribution is 7.18. The van der Waals surface area contributed by atoms with Crippen molar-refractivity contribution in [1.82, 2.24) is 9.88 Å². The average molecular weight is 290 g/mol. The van der Waals surface area contributed by atoms with Gasteiger partial charge in [0.15, 0.2) is 15.2 Å². The molecule has 100 valence electrons. The number of likely N-dealkylation sites (N-methyl/N-ethyl adjacent to an activating group) is 1. The third-order valence-electron chi connectivity index (χ3n) is 3.28. The van der Waals surface area contributed by atoms with E-state index in [0.717, 1.165) is 24.4 Å². The van der Waals surface area contributed by atoms with Gasteiger partial charge in [-0.3, -0.25) is 0 Å². The standard InChI is InChI=1S/C11H16ClN3O2S/c1-6-4-15(5-7(6)14(2)3)11-13-9(12)8(18-11)10(16)17/h6-7H,4-5H2,1-3H3,(H,16,17). The number of aromatic carboxylic acids is 1. The van der Waals surface area contributed by atoms with E-state index in [0.29, 0.717) is 17.1 Å². The zero-order valence-electron chi connectivity index (χ0n) is 10.6. The van der Waals surface area contributed by atoms with E-state index in [4.69, 9.17) is 16.7 Å². The van der Waals surface area contributed by atoms with Crippen LogP contribution in [0.3, 0.4) is 0 Å². The molecule has 2 rings (SSSR count). The Bertz CT molecular complexity index is 463. The SMILES string of the molecule is CC1CN(c2nc(Cl)c(C(=O)O)s2)CC1N(C)C. The van der Waals surface area contributed by atoms with Gasteiger partial charge in [0.2, 0.25) is 0 Å². The maximum Gasteiger partial charge on any atom is 0.349 e. The molecule has 1 fully saturated rings. The summed E-state index contributed by atoms with van der Waals surface area (Å²) in [6.45, 7) is 3.93. The number of aromatic nitrogens is 1. The first-order valence-corrected chi connectivity index (χ1v) is 6.90. The fourth-order valence-electron chi connectivity index (χ4n) is 2.34. The van der Waals surface area contributed by atoms with E-state index < -0.39 is 5.97 Å². The Morgan fingerprint density at radius 3 is 2.67 bits per heavy atom. The van der Waals surface area contributed by atoms with Crippen LogP contribution in [0.2, 0.25) is 5.15 Å². The van der Waals surface area contributed by atoms with Gasteiger partial charge in [0.25, 0.3) is 0 Å². The molecule has 1 aromatic heterocycles. The summed E-state index contributed by atoms with van der Waals surface area (Å²) in [5, 5.41) is 9.76. The van der Waals surface area contributed by atoms with Crippen LogP contribution in [0.25, 0.3) is 0 Å². The van der Waals surface area contributed by atoms with Gasteiger partial charge < -0.3 is 14.9 Å². The van der Waals surface area contributed by atoms with Crippen molar-refractivity contribution < 1.29 is 9.90 Å². The van der Waals surface area contributed by atoms with Crippen LogP contribution in [-0.2, 0) is 0 Å². The first kappa shape index (κ1) is 13.6. The Kier molecular flexibility index (Phi) is 3.79. The molecule has 0 saturated carbocycles. The van der Waals surface area contributed by atoms with Crippen LogP contribution in [0.4, 0.5) is 5.13 Å². The summed E-state index contributed by atoms with van der Waals surface area (Å²) >= 11 is 6.98. The van der Waals surface area contributed by atoms with Gasteiger partial charge >= 0.3 is 5.97 Å². The van der Waals surface area contributed by atoms with Crippen molar-refractivity contribution in [2.24, 2.45) is 5.92 Å². The monoisotopic (exact) mass is 289 g/mol. The number of carboxylic acid groups (broad SMARTS) is 1. The summed E-state index contributed by atoms with van der Waals surface area (Å²) < 4.78 is 0. The number of carbonyl (C=O) groups is 1. The number of halogens is 1. The van der Waals surface area contributed by atoms with Crippen molar-refractivity contribution in [2.75, 3.05) is 32.1 Å². The van der Waals surface area contributed by atoms with Crippen molar-refractivity contribution in [3.8, 4) is 0 Å². The van der Waals surface area contributed by atoms with Crippen molar-refractivity contribution in [3.63, 3.8) is 0 Å². The van der Waals surface area contributed by atoms with Gasteiger partial charge in [0, 0.05) is 19.1 Å². The Morgan fingerprint density at radius 1 is 1.56 bits per heavy atom. The Hall–Kier alpha value is -0.850. The molecule has 2 unspecified atom stereocenters. The average Bonchev–Trinajstić information content (AvgIpc) is 2.81. The summed E-state index contributed by atoms with van der Waals surface area (Å²) in [5.41, 5.74) is 0. The van der Waals surface area contributed by atoms with Crippen molar-refractivity contribution in [3.05, 3.63) is 10.0 Å². The summed E-state index contributed by atoms with van der Waals surface area (Å²) in [4.78, 5) is 19.5. The Labute approximate surface area is 115 Å². The fraction of sp³-hybridized carbons (Fsp3) is 0.636. The molecular formula is C11H16ClN3O2S. The van der Waals surface area contributed by atoms with Crippen LogP contribution in [-0.4, -0.2) is 54.2 Å². The summed E-state index contributed by atoms with van der Waals surface area (Å²) in [6, 6.07) is 0.459. The van der Waals surface area contributed by atoms with Gasteiger partial charge in [-0.15, -0.1) is 0 Å². The van der Waals surface area contributed by atoms with Gasteiger partial charge in [0.1, 0.15) is 0 Å². The molecule has 0 bridgehead atoms. The number of anilines is 1. The second-order valence-electron chi connectivity index (χ2n) is 4.83. The molecular weight excluding hydrogens is 274 g/mol. The van der Waals surface area contributed by atoms with Crippen molar-refractivity contribution in [2.45, 2.75) is 13.0 Å². The molecule has 7 heteroatoms. The normalized spacial score (nSPS) is 23.9. The molecule has 1 N–H and O–H groups in total. The van der Waals surface area contributed by atoms with E-state index in [9.17, 15) is 4.79 Å². The largest absolute Gasteiger partial charge is 0.477 e. The quantitative estimate of drug-likeness (QED) is 0.921. The lowest BCUT2D eigenvalue weighted by Gasteiger charge is -2.22. The summed E-state index contributed by atoms with van der Waals surface area (Å²) in [7, 11) is 4.12. The fourth-order valence-corrected chi connectivity index (χ4v) is 3.48. The lowest BCUT2D eigenvalue weighted by atomic mass is 10.1. The predicted octanol–water partition coefficient (Wildman–Crippen LogP) is 1.88. The van der Waals surface area contributed by atoms with Gasteiger partial charge in [-0.1, -0.05) is 29.9 Å². The smallest absolute Gasteiger partial charge is 0.349 e.